The van der Waals surface area contributed by atoms with E-state index in [4.69, 9.17) is 0 Å². The molecule has 134 valence electrons. The average Bonchev–Trinajstić information content (AvgIpc) is 2.56. The van der Waals surface area contributed by atoms with Crippen LogP contribution in [0.15, 0.2) is 28.3 Å². The molecule has 0 saturated carbocycles. The highest BCUT2D eigenvalue weighted by Gasteiger charge is 2.08. The highest BCUT2D eigenvalue weighted by molar-refractivity contribution is 5.75. The zero-order chi connectivity index (χ0) is 18.6. The molecular weight excluding hydrogens is 322 g/mol. The number of aromatic nitrogens is 4. The lowest BCUT2D eigenvalue weighted by molar-refractivity contribution is -0.121. The van der Waals surface area contributed by atoms with E-state index in [0.29, 0.717) is 23.5 Å². The van der Waals surface area contributed by atoms with Crippen LogP contribution in [0.4, 0.5) is 0 Å². The lowest BCUT2D eigenvalue weighted by atomic mass is 10.1. The van der Waals surface area contributed by atoms with Gasteiger partial charge in [0, 0.05) is 30.4 Å². The minimum absolute atomic E-state index is 0.107. The number of aryl methyl sites for hydroxylation is 1. The predicted octanol–water partition coefficient (Wildman–Crippen LogP) is 0.357. The summed E-state index contributed by atoms with van der Waals surface area (Å²) in [6.07, 6.45) is 2.85. The van der Waals surface area contributed by atoms with Crippen LogP contribution in [-0.2, 0) is 17.9 Å². The van der Waals surface area contributed by atoms with Gasteiger partial charge in [0.1, 0.15) is 6.54 Å². The Hall–Kier alpha value is -2.77. The average molecular weight is 345 g/mol. The summed E-state index contributed by atoms with van der Waals surface area (Å²) in [5.41, 5.74) is 1.61. The fourth-order valence-electron chi connectivity index (χ4n) is 2.24. The Morgan fingerprint density at radius 1 is 1.16 bits per heavy atom. The zero-order valence-corrected chi connectivity index (χ0v) is 14.9. The Morgan fingerprint density at radius 3 is 2.48 bits per heavy atom. The van der Waals surface area contributed by atoms with Gasteiger partial charge in [0.25, 0.3) is 11.1 Å². The fourth-order valence-corrected chi connectivity index (χ4v) is 2.24. The van der Waals surface area contributed by atoms with E-state index in [2.05, 4.69) is 15.3 Å². The normalized spacial score (nSPS) is 10.9. The summed E-state index contributed by atoms with van der Waals surface area (Å²) in [6.45, 7) is 7.88. The molecule has 0 bridgehead atoms. The second kappa shape index (κ2) is 7.87. The van der Waals surface area contributed by atoms with Crippen molar-refractivity contribution in [3.63, 3.8) is 0 Å². The van der Waals surface area contributed by atoms with Crippen LogP contribution in [-0.4, -0.2) is 31.6 Å². The quantitative estimate of drug-likeness (QED) is 0.815. The van der Waals surface area contributed by atoms with E-state index in [1.54, 1.807) is 13.8 Å². The lowest BCUT2D eigenvalue weighted by Gasteiger charge is -2.10. The van der Waals surface area contributed by atoms with E-state index in [1.807, 2.05) is 13.8 Å². The summed E-state index contributed by atoms with van der Waals surface area (Å²) in [5.74, 6) is -0.160. The minimum atomic E-state index is -0.314. The molecule has 0 aliphatic carbocycles. The van der Waals surface area contributed by atoms with Crippen LogP contribution in [0.5, 0.6) is 0 Å². The van der Waals surface area contributed by atoms with Gasteiger partial charge in [-0.3, -0.25) is 23.5 Å². The van der Waals surface area contributed by atoms with Gasteiger partial charge < -0.3 is 5.32 Å². The van der Waals surface area contributed by atoms with Gasteiger partial charge in [-0.2, -0.15) is 0 Å². The van der Waals surface area contributed by atoms with Crippen LogP contribution in [0.2, 0.25) is 0 Å². The van der Waals surface area contributed by atoms with Crippen molar-refractivity contribution in [3.8, 4) is 0 Å². The first-order valence-corrected chi connectivity index (χ1v) is 8.15. The summed E-state index contributed by atoms with van der Waals surface area (Å²) < 4.78 is 2.71. The monoisotopic (exact) mass is 345 g/mol. The Labute approximate surface area is 145 Å². The first-order chi connectivity index (χ1) is 11.8. The van der Waals surface area contributed by atoms with E-state index >= 15 is 0 Å². The minimum Gasteiger partial charge on any atom is -0.353 e. The predicted molar refractivity (Wildman–Crippen MR) is 93.6 cm³/mol. The van der Waals surface area contributed by atoms with Gasteiger partial charge in [-0.1, -0.05) is 13.8 Å². The highest BCUT2D eigenvalue weighted by Crippen LogP contribution is 2.06. The van der Waals surface area contributed by atoms with E-state index in [-0.39, 0.29) is 36.0 Å². The molecule has 0 saturated heterocycles. The summed E-state index contributed by atoms with van der Waals surface area (Å²) in [4.78, 5) is 44.3. The standard InChI is InChI=1S/C17H23N5O3/c1-11(2)14-7-16(24)22(10-20-14)8-15(23)18-5-6-21-9-19-13(4)12(3)17(21)25/h7,9-11H,5-6,8H2,1-4H3,(H,18,23). The SMILES string of the molecule is Cc1ncn(CCNC(=O)Cn2cnc(C(C)C)cc2=O)c(=O)c1C. The second-order valence-corrected chi connectivity index (χ2v) is 6.24. The fraction of sp³-hybridized carbons (Fsp3) is 0.471. The maximum atomic E-state index is 12.0. The van der Waals surface area contributed by atoms with E-state index in [0.717, 1.165) is 0 Å². The van der Waals surface area contributed by atoms with Gasteiger partial charge in [-0.25, -0.2) is 9.97 Å². The maximum Gasteiger partial charge on any atom is 0.256 e. The third-order valence-corrected chi connectivity index (χ3v) is 4.00. The molecule has 25 heavy (non-hydrogen) atoms. The van der Waals surface area contributed by atoms with Gasteiger partial charge in [0.2, 0.25) is 5.91 Å². The summed E-state index contributed by atoms with van der Waals surface area (Å²) in [5, 5.41) is 2.69. The molecule has 1 N–H and O–H groups in total. The first kappa shape index (κ1) is 18.6. The van der Waals surface area contributed by atoms with Crippen molar-refractivity contribution in [1.29, 1.82) is 0 Å². The summed E-state index contributed by atoms with van der Waals surface area (Å²) in [6, 6.07) is 1.44. The number of nitrogens with one attached hydrogen (secondary N) is 1. The molecular formula is C17H23N5O3. The molecule has 2 aromatic rings. The van der Waals surface area contributed by atoms with Crippen LogP contribution in [0.25, 0.3) is 0 Å². The lowest BCUT2D eigenvalue weighted by Crippen LogP contribution is -2.36. The first-order valence-electron chi connectivity index (χ1n) is 8.15. The highest BCUT2D eigenvalue weighted by atomic mass is 16.2. The second-order valence-electron chi connectivity index (χ2n) is 6.24. The molecule has 2 aromatic heterocycles. The van der Waals surface area contributed by atoms with E-state index < -0.39 is 0 Å². The third kappa shape index (κ3) is 4.62. The Kier molecular flexibility index (Phi) is 5.84. The molecule has 0 aliphatic rings. The van der Waals surface area contributed by atoms with Crippen molar-refractivity contribution in [2.75, 3.05) is 6.54 Å². The smallest absolute Gasteiger partial charge is 0.256 e. The molecule has 8 nitrogen and oxygen atoms in total. The van der Waals surface area contributed by atoms with Gasteiger partial charge in [0.15, 0.2) is 0 Å². The summed E-state index contributed by atoms with van der Waals surface area (Å²) in [7, 11) is 0. The molecule has 1 amide bonds. The van der Waals surface area contributed by atoms with Crippen LogP contribution < -0.4 is 16.4 Å². The number of hydrogen-bond donors (Lipinski definition) is 1. The zero-order valence-electron chi connectivity index (χ0n) is 14.9. The third-order valence-electron chi connectivity index (χ3n) is 4.00. The number of hydrogen-bond acceptors (Lipinski definition) is 5. The van der Waals surface area contributed by atoms with Crippen molar-refractivity contribution in [1.82, 2.24) is 24.4 Å². The number of amides is 1. The van der Waals surface area contributed by atoms with Gasteiger partial charge in [-0.05, 0) is 19.8 Å². The van der Waals surface area contributed by atoms with Gasteiger partial charge in [-0.15, -0.1) is 0 Å². The molecule has 0 radical (unpaired) electrons. The molecule has 0 spiro atoms. The Balaban J connectivity index is 1.93. The Bertz CT molecular complexity index is 883. The van der Waals surface area contributed by atoms with Crippen molar-refractivity contribution < 1.29 is 4.79 Å². The summed E-state index contributed by atoms with van der Waals surface area (Å²) >= 11 is 0. The van der Waals surface area contributed by atoms with Crippen molar-refractivity contribution in [2.45, 2.75) is 46.7 Å². The van der Waals surface area contributed by atoms with Crippen LogP contribution in [0.3, 0.4) is 0 Å². The van der Waals surface area contributed by atoms with Crippen molar-refractivity contribution in [2.24, 2.45) is 0 Å². The molecule has 0 aliphatic heterocycles. The number of rotatable bonds is 6. The Morgan fingerprint density at radius 2 is 1.84 bits per heavy atom. The molecule has 0 fully saturated rings. The number of carbonyl (C=O) groups is 1. The van der Waals surface area contributed by atoms with Crippen LogP contribution in [0, 0.1) is 13.8 Å². The van der Waals surface area contributed by atoms with Crippen molar-refractivity contribution in [3.05, 3.63) is 56.4 Å². The molecule has 0 atom stereocenters. The molecule has 0 aromatic carbocycles. The van der Waals surface area contributed by atoms with Gasteiger partial charge in [0.05, 0.1) is 18.3 Å². The number of carbonyl (C=O) groups excluding carboxylic acids is 1. The number of nitrogens with zero attached hydrogens (tertiary/aromatic N) is 4. The van der Waals surface area contributed by atoms with Gasteiger partial charge >= 0.3 is 0 Å². The molecule has 2 heterocycles. The van der Waals surface area contributed by atoms with E-state index in [1.165, 1.54) is 27.9 Å². The molecule has 0 unspecified atom stereocenters. The largest absolute Gasteiger partial charge is 0.353 e. The maximum absolute atomic E-state index is 12.0. The van der Waals surface area contributed by atoms with Crippen LogP contribution >= 0.6 is 0 Å². The molecule has 2 rings (SSSR count). The van der Waals surface area contributed by atoms with Crippen molar-refractivity contribution >= 4 is 5.91 Å². The molecule has 8 heteroatoms. The topological polar surface area (TPSA) is 98.9 Å². The van der Waals surface area contributed by atoms with E-state index in [9.17, 15) is 14.4 Å². The van der Waals surface area contributed by atoms with Crippen LogP contribution in [0.1, 0.15) is 36.7 Å².